The van der Waals surface area contributed by atoms with Crippen molar-refractivity contribution in [2.45, 2.75) is 5.75 Å². The van der Waals surface area contributed by atoms with Gasteiger partial charge in [-0.25, -0.2) is 17.2 Å². The molecule has 0 bridgehead atoms. The third kappa shape index (κ3) is 4.64. The molecule has 2 aromatic carbocycles. The van der Waals surface area contributed by atoms with Gasteiger partial charge in [0.25, 0.3) is 0 Å². The molecule has 0 amide bonds. The van der Waals surface area contributed by atoms with Crippen molar-refractivity contribution in [1.82, 2.24) is 4.57 Å². The van der Waals surface area contributed by atoms with E-state index < -0.39 is 21.5 Å². The van der Waals surface area contributed by atoms with Crippen LogP contribution in [-0.2, 0) is 22.6 Å². The highest BCUT2D eigenvalue weighted by Gasteiger charge is 2.14. The second-order valence-corrected chi connectivity index (χ2v) is 8.58. The third-order valence-electron chi connectivity index (χ3n) is 3.98. The number of rotatable bonds is 5. The second-order valence-electron chi connectivity index (χ2n) is 6.44. The highest BCUT2D eigenvalue weighted by molar-refractivity contribution is 7.89. The van der Waals surface area contributed by atoms with Gasteiger partial charge in [0.05, 0.1) is 5.75 Å². The summed E-state index contributed by atoms with van der Waals surface area (Å²) in [6.07, 6.45) is 2.69. The number of hydrogen-bond acceptors (Lipinski definition) is 4. The van der Waals surface area contributed by atoms with Gasteiger partial charge in [0.1, 0.15) is 11.6 Å². The maximum Gasteiger partial charge on any atom is 0.250 e. The summed E-state index contributed by atoms with van der Waals surface area (Å²) in [7, 11) is -1.70. The van der Waals surface area contributed by atoms with E-state index in [1.54, 1.807) is 31.4 Å². The second kappa shape index (κ2) is 7.55. The Bertz CT molecular complexity index is 1200. The number of pyridine rings is 1. The van der Waals surface area contributed by atoms with Crippen LogP contribution in [0.3, 0.4) is 0 Å². The van der Waals surface area contributed by atoms with E-state index in [4.69, 9.17) is 4.74 Å². The Hall–Kier alpha value is -3.00. The summed E-state index contributed by atoms with van der Waals surface area (Å²) >= 11 is 0. The van der Waals surface area contributed by atoms with Gasteiger partial charge in [-0.05, 0) is 35.9 Å². The normalized spacial score (nSPS) is 11.4. The van der Waals surface area contributed by atoms with E-state index in [1.165, 1.54) is 22.8 Å². The van der Waals surface area contributed by atoms with E-state index in [1.807, 2.05) is 0 Å². The fourth-order valence-corrected chi connectivity index (χ4v) is 3.50. The van der Waals surface area contributed by atoms with Crippen LogP contribution in [0, 0.1) is 11.6 Å². The Morgan fingerprint density at radius 1 is 1.00 bits per heavy atom. The predicted molar refractivity (Wildman–Crippen MR) is 102 cm³/mol. The number of halogens is 2. The van der Waals surface area contributed by atoms with E-state index in [9.17, 15) is 22.0 Å². The van der Waals surface area contributed by atoms with Crippen molar-refractivity contribution in [2.24, 2.45) is 7.05 Å². The van der Waals surface area contributed by atoms with Crippen molar-refractivity contribution < 1.29 is 21.9 Å². The van der Waals surface area contributed by atoms with Gasteiger partial charge in [-0.2, -0.15) is 0 Å². The van der Waals surface area contributed by atoms with Crippen LogP contribution >= 0.6 is 0 Å². The highest BCUT2D eigenvalue weighted by atomic mass is 32.2. The van der Waals surface area contributed by atoms with Gasteiger partial charge in [-0.15, -0.1) is 0 Å². The van der Waals surface area contributed by atoms with Crippen LogP contribution in [0.5, 0.6) is 11.5 Å². The fraction of sp³-hybridized carbons (Fsp3) is 0.150. The fourth-order valence-electron chi connectivity index (χ4n) is 2.71. The summed E-state index contributed by atoms with van der Waals surface area (Å²) in [6, 6.07) is 10.6. The van der Waals surface area contributed by atoms with Gasteiger partial charge in [-0.3, -0.25) is 4.79 Å². The maximum absolute atomic E-state index is 14.0. The van der Waals surface area contributed by atoms with E-state index in [0.717, 1.165) is 12.3 Å². The van der Waals surface area contributed by atoms with Crippen LogP contribution in [-0.4, -0.2) is 19.2 Å². The Labute approximate surface area is 160 Å². The third-order valence-corrected chi connectivity index (χ3v) is 4.84. The molecule has 1 heterocycles. The molecule has 1 aromatic heterocycles. The molecule has 0 saturated heterocycles. The first kappa shape index (κ1) is 19.8. The van der Waals surface area contributed by atoms with Crippen LogP contribution in [0.25, 0.3) is 11.1 Å². The summed E-state index contributed by atoms with van der Waals surface area (Å²) in [5, 5.41) is 0. The van der Waals surface area contributed by atoms with Crippen molar-refractivity contribution in [3.05, 3.63) is 82.3 Å². The molecular formula is C20H17F2NO4S. The number of nitrogens with zero attached hydrogens (tertiary/aromatic N) is 1. The number of benzene rings is 2. The number of sulfone groups is 1. The molecule has 146 valence electrons. The van der Waals surface area contributed by atoms with Gasteiger partial charge in [0.15, 0.2) is 21.4 Å². The molecule has 3 rings (SSSR count). The van der Waals surface area contributed by atoms with Crippen molar-refractivity contribution >= 4 is 9.84 Å². The Kier molecular flexibility index (Phi) is 5.33. The first-order chi connectivity index (χ1) is 13.1. The van der Waals surface area contributed by atoms with E-state index in [-0.39, 0.29) is 22.8 Å². The standard InChI is InChI=1S/C20H17F2NO4S/c1-23-11-14(4-8-20(23)24)16-9-13(12-28(2,25)26)3-6-18(16)27-19-7-5-15(21)10-17(19)22/h3-11H,12H2,1-2H3. The molecule has 0 unspecified atom stereocenters. The summed E-state index contributed by atoms with van der Waals surface area (Å²) in [5.74, 6) is -1.72. The van der Waals surface area contributed by atoms with Crippen molar-refractivity contribution in [2.75, 3.05) is 6.26 Å². The largest absolute Gasteiger partial charge is 0.454 e. The van der Waals surface area contributed by atoms with Gasteiger partial charge in [0, 0.05) is 42.8 Å². The zero-order valence-corrected chi connectivity index (χ0v) is 16.0. The Morgan fingerprint density at radius 2 is 1.71 bits per heavy atom. The molecule has 8 heteroatoms. The number of hydrogen-bond donors (Lipinski definition) is 0. The lowest BCUT2D eigenvalue weighted by molar-refractivity contribution is 0.439. The average Bonchev–Trinajstić information content (AvgIpc) is 2.59. The van der Waals surface area contributed by atoms with Crippen LogP contribution < -0.4 is 10.3 Å². The monoisotopic (exact) mass is 405 g/mol. The molecule has 0 aliphatic rings. The zero-order chi connectivity index (χ0) is 20.5. The summed E-state index contributed by atoms with van der Waals surface area (Å²) in [4.78, 5) is 11.7. The van der Waals surface area contributed by atoms with Gasteiger partial charge < -0.3 is 9.30 Å². The molecule has 28 heavy (non-hydrogen) atoms. The van der Waals surface area contributed by atoms with Crippen molar-refractivity contribution in [1.29, 1.82) is 0 Å². The molecule has 5 nitrogen and oxygen atoms in total. The molecule has 0 N–H and O–H groups in total. The number of aromatic nitrogens is 1. The van der Waals surface area contributed by atoms with Crippen molar-refractivity contribution in [3.8, 4) is 22.6 Å². The summed E-state index contributed by atoms with van der Waals surface area (Å²) < 4.78 is 57.4. The SMILES string of the molecule is Cn1cc(-c2cc(CS(C)(=O)=O)ccc2Oc2ccc(F)cc2F)ccc1=O. The molecule has 0 fully saturated rings. The lowest BCUT2D eigenvalue weighted by Gasteiger charge is -2.14. The molecule has 0 aliphatic carbocycles. The molecule has 0 spiro atoms. The molecule has 0 saturated carbocycles. The van der Waals surface area contributed by atoms with E-state index in [0.29, 0.717) is 22.8 Å². The van der Waals surface area contributed by atoms with Crippen LogP contribution in [0.2, 0.25) is 0 Å². The Morgan fingerprint density at radius 3 is 2.36 bits per heavy atom. The van der Waals surface area contributed by atoms with Gasteiger partial charge in [0.2, 0.25) is 5.56 Å². The minimum atomic E-state index is -3.27. The summed E-state index contributed by atoms with van der Waals surface area (Å²) in [6.45, 7) is 0. The van der Waals surface area contributed by atoms with E-state index in [2.05, 4.69) is 0 Å². The molecule has 0 atom stereocenters. The first-order valence-corrected chi connectivity index (χ1v) is 10.3. The lowest BCUT2D eigenvalue weighted by Crippen LogP contribution is -2.14. The number of aryl methyl sites for hydroxylation is 1. The van der Waals surface area contributed by atoms with Crippen LogP contribution in [0.15, 0.2) is 59.5 Å². The van der Waals surface area contributed by atoms with E-state index >= 15 is 0 Å². The van der Waals surface area contributed by atoms with Gasteiger partial charge in [-0.1, -0.05) is 6.07 Å². The molecule has 3 aromatic rings. The number of ether oxygens (including phenoxy) is 1. The highest BCUT2D eigenvalue weighted by Crippen LogP contribution is 2.35. The average molecular weight is 405 g/mol. The van der Waals surface area contributed by atoms with Crippen molar-refractivity contribution in [3.63, 3.8) is 0 Å². The molecule has 0 aliphatic heterocycles. The topological polar surface area (TPSA) is 65.4 Å². The minimum Gasteiger partial charge on any atom is -0.454 e. The van der Waals surface area contributed by atoms with Gasteiger partial charge >= 0.3 is 0 Å². The zero-order valence-electron chi connectivity index (χ0n) is 15.1. The first-order valence-electron chi connectivity index (χ1n) is 8.23. The maximum atomic E-state index is 14.0. The predicted octanol–water partition coefficient (Wildman–Crippen LogP) is 3.67. The minimum absolute atomic E-state index is 0.177. The lowest BCUT2D eigenvalue weighted by atomic mass is 10.0. The molecule has 0 radical (unpaired) electrons. The molecular weight excluding hydrogens is 388 g/mol. The Balaban J connectivity index is 2.12. The van der Waals surface area contributed by atoms with Crippen LogP contribution in [0.4, 0.5) is 8.78 Å². The summed E-state index contributed by atoms with van der Waals surface area (Å²) in [5.41, 5.74) is 1.34. The van der Waals surface area contributed by atoms with Crippen LogP contribution in [0.1, 0.15) is 5.56 Å². The smallest absolute Gasteiger partial charge is 0.250 e. The quantitative estimate of drug-likeness (QED) is 0.650.